The Kier molecular flexibility index (Phi) is 8.60. The highest BCUT2D eigenvalue weighted by molar-refractivity contribution is 5.99. The molecule has 0 aliphatic heterocycles. The molecule has 12 heteroatoms. The molecule has 1 amide bonds. The number of esters is 1. The summed E-state index contributed by atoms with van der Waals surface area (Å²) in [4.78, 5) is 35.1. The number of hydrogen-bond donors (Lipinski definition) is 3. The number of carbonyl (C=O) groups excluding carboxylic acids is 2. The van der Waals surface area contributed by atoms with Crippen molar-refractivity contribution >= 4 is 28.9 Å². The summed E-state index contributed by atoms with van der Waals surface area (Å²) >= 11 is 0. The van der Waals surface area contributed by atoms with E-state index < -0.39 is 23.4 Å². The molecule has 2 aromatic carbocycles. The van der Waals surface area contributed by atoms with Crippen LogP contribution in [-0.4, -0.2) is 63.0 Å². The summed E-state index contributed by atoms with van der Waals surface area (Å²) < 4.78 is 20.6. The number of amides is 1. The van der Waals surface area contributed by atoms with Gasteiger partial charge in [-0.1, -0.05) is 0 Å². The zero-order valence-corrected chi connectivity index (χ0v) is 17.7. The van der Waals surface area contributed by atoms with Crippen LogP contribution in [0, 0.1) is 10.1 Å². The van der Waals surface area contributed by atoms with Gasteiger partial charge in [-0.15, -0.1) is 0 Å². The van der Waals surface area contributed by atoms with Crippen LogP contribution in [0.2, 0.25) is 0 Å². The first kappa shape index (κ1) is 24.2. The van der Waals surface area contributed by atoms with Gasteiger partial charge in [-0.2, -0.15) is 0 Å². The highest BCUT2D eigenvalue weighted by Crippen LogP contribution is 2.39. The van der Waals surface area contributed by atoms with Gasteiger partial charge in [-0.05, 0) is 6.07 Å². The van der Waals surface area contributed by atoms with Crippen molar-refractivity contribution in [3.63, 3.8) is 0 Å². The number of aliphatic hydroxyl groups excluding tert-OH is 1. The van der Waals surface area contributed by atoms with E-state index in [0.717, 1.165) is 6.07 Å². The first-order valence-corrected chi connectivity index (χ1v) is 9.24. The van der Waals surface area contributed by atoms with E-state index in [0.29, 0.717) is 22.9 Å². The molecule has 0 unspecified atom stereocenters. The predicted molar refractivity (Wildman–Crippen MR) is 114 cm³/mol. The molecule has 12 nitrogen and oxygen atoms in total. The highest BCUT2D eigenvalue weighted by Gasteiger charge is 2.20. The Morgan fingerprint density at radius 1 is 1.06 bits per heavy atom. The number of nitrogens with one attached hydrogen (secondary N) is 2. The number of methoxy groups -OCH3 is 3. The fraction of sp³-hybridized carbons (Fsp3) is 0.300. The van der Waals surface area contributed by atoms with E-state index >= 15 is 0 Å². The highest BCUT2D eigenvalue weighted by atomic mass is 16.6. The second kappa shape index (κ2) is 11.4. The second-order valence-electron chi connectivity index (χ2n) is 6.18. The Hall–Kier alpha value is -4.06. The molecule has 0 saturated carbocycles. The molecule has 32 heavy (non-hydrogen) atoms. The Morgan fingerprint density at radius 3 is 2.25 bits per heavy atom. The quantitative estimate of drug-likeness (QED) is 0.262. The number of nitro groups is 1. The topological polar surface area (TPSA) is 158 Å². The molecule has 0 bridgehead atoms. The van der Waals surface area contributed by atoms with E-state index in [-0.39, 0.29) is 30.1 Å². The maximum atomic E-state index is 12.5. The van der Waals surface area contributed by atoms with Gasteiger partial charge in [-0.3, -0.25) is 14.9 Å². The average molecular weight is 449 g/mol. The molecule has 3 N–H and O–H groups in total. The molecule has 0 aromatic heterocycles. The van der Waals surface area contributed by atoms with Crippen LogP contribution in [0.1, 0.15) is 10.4 Å². The molecule has 172 valence electrons. The van der Waals surface area contributed by atoms with E-state index in [2.05, 4.69) is 10.6 Å². The number of ether oxygens (including phenoxy) is 4. The molecule has 2 aromatic rings. The molecule has 0 heterocycles. The van der Waals surface area contributed by atoms with Crippen molar-refractivity contribution in [1.29, 1.82) is 0 Å². The number of carbonyl (C=O) groups is 2. The maximum absolute atomic E-state index is 12.5. The molecule has 0 radical (unpaired) electrons. The van der Waals surface area contributed by atoms with Crippen molar-refractivity contribution in [1.82, 2.24) is 0 Å². The number of non-ortho nitro benzene ring substituents is 1. The Morgan fingerprint density at radius 2 is 1.72 bits per heavy atom. The van der Waals surface area contributed by atoms with Crippen LogP contribution < -0.4 is 24.8 Å². The smallest absolute Gasteiger partial charge is 0.341 e. The summed E-state index contributed by atoms with van der Waals surface area (Å²) in [5.74, 6) is -0.643. The molecule has 0 spiro atoms. The second-order valence-corrected chi connectivity index (χ2v) is 6.18. The van der Waals surface area contributed by atoms with Gasteiger partial charge in [0.15, 0.2) is 18.1 Å². The van der Waals surface area contributed by atoms with Crippen LogP contribution in [0.5, 0.6) is 17.2 Å². The third-order valence-corrected chi connectivity index (χ3v) is 4.14. The normalized spacial score (nSPS) is 10.1. The molecule has 0 aliphatic carbocycles. The van der Waals surface area contributed by atoms with Crippen molar-refractivity contribution in [3.8, 4) is 17.2 Å². The largest absolute Gasteiger partial charge is 0.493 e. The van der Waals surface area contributed by atoms with Gasteiger partial charge in [0.2, 0.25) is 5.75 Å². The van der Waals surface area contributed by atoms with Crippen LogP contribution in [0.25, 0.3) is 0 Å². The van der Waals surface area contributed by atoms with Crippen molar-refractivity contribution in [3.05, 3.63) is 46.0 Å². The lowest BCUT2D eigenvalue weighted by atomic mass is 10.1. The van der Waals surface area contributed by atoms with Gasteiger partial charge in [-0.25, -0.2) is 4.79 Å². The van der Waals surface area contributed by atoms with Gasteiger partial charge < -0.3 is 34.7 Å². The summed E-state index contributed by atoms with van der Waals surface area (Å²) in [6, 6.07) is 6.55. The number of hydrogen-bond acceptors (Lipinski definition) is 10. The minimum atomic E-state index is -0.950. The fourth-order valence-corrected chi connectivity index (χ4v) is 2.72. The average Bonchev–Trinajstić information content (AvgIpc) is 2.80. The summed E-state index contributed by atoms with van der Waals surface area (Å²) in [6.45, 7) is -0.764. The zero-order chi connectivity index (χ0) is 23.7. The van der Waals surface area contributed by atoms with Crippen molar-refractivity contribution < 1.29 is 38.6 Å². The summed E-state index contributed by atoms with van der Waals surface area (Å²) in [5.41, 5.74) is 0.0579. The Labute approximate surface area is 183 Å². The number of aliphatic hydroxyl groups is 1. The fourth-order valence-electron chi connectivity index (χ4n) is 2.72. The van der Waals surface area contributed by atoms with E-state index in [9.17, 15) is 19.7 Å². The van der Waals surface area contributed by atoms with E-state index in [1.165, 1.54) is 45.6 Å². The van der Waals surface area contributed by atoms with Gasteiger partial charge in [0.25, 0.3) is 11.6 Å². The first-order valence-electron chi connectivity index (χ1n) is 9.24. The Bertz CT molecular complexity index is 969. The van der Waals surface area contributed by atoms with Crippen molar-refractivity contribution in [2.45, 2.75) is 0 Å². The zero-order valence-electron chi connectivity index (χ0n) is 17.7. The number of benzene rings is 2. The lowest BCUT2D eigenvalue weighted by Crippen LogP contribution is -2.22. The summed E-state index contributed by atoms with van der Waals surface area (Å²) in [5, 5.41) is 25.3. The lowest BCUT2D eigenvalue weighted by molar-refractivity contribution is -0.384. The minimum Gasteiger partial charge on any atom is -0.493 e. The van der Waals surface area contributed by atoms with Crippen LogP contribution >= 0.6 is 0 Å². The van der Waals surface area contributed by atoms with E-state index in [1.807, 2.05) is 0 Å². The molecular weight excluding hydrogens is 426 g/mol. The first-order chi connectivity index (χ1) is 15.3. The number of nitro benzene ring substituents is 1. The van der Waals surface area contributed by atoms with Crippen molar-refractivity contribution in [2.24, 2.45) is 0 Å². The predicted octanol–water partition coefficient (Wildman–Crippen LogP) is 1.82. The van der Waals surface area contributed by atoms with Crippen LogP contribution in [0.3, 0.4) is 0 Å². The van der Waals surface area contributed by atoms with Crippen LogP contribution in [0.4, 0.5) is 17.1 Å². The third kappa shape index (κ3) is 5.98. The maximum Gasteiger partial charge on any atom is 0.341 e. The van der Waals surface area contributed by atoms with E-state index in [1.54, 1.807) is 0 Å². The van der Waals surface area contributed by atoms with Crippen LogP contribution in [0.15, 0.2) is 30.3 Å². The molecule has 0 fully saturated rings. The molecule has 0 aliphatic rings. The summed E-state index contributed by atoms with van der Waals surface area (Å²) in [7, 11) is 4.29. The Balaban J connectivity index is 2.12. The van der Waals surface area contributed by atoms with Crippen LogP contribution in [-0.2, 0) is 9.53 Å². The standard InChI is InChI=1S/C20H23N3O9/c1-29-16-8-12(9-17(30-2)19(16)31-3)22-18(25)11-32-20(26)14-10-13(23(27)28)4-5-15(14)21-6-7-24/h4-5,8-10,21,24H,6-7,11H2,1-3H3,(H,22,25). The number of anilines is 2. The molecule has 0 saturated heterocycles. The van der Waals surface area contributed by atoms with Gasteiger partial charge in [0.05, 0.1) is 38.4 Å². The molecule has 2 rings (SSSR count). The molecule has 0 atom stereocenters. The van der Waals surface area contributed by atoms with E-state index in [4.69, 9.17) is 24.1 Å². The van der Waals surface area contributed by atoms with Gasteiger partial charge >= 0.3 is 5.97 Å². The number of rotatable bonds is 11. The minimum absolute atomic E-state index is 0.111. The van der Waals surface area contributed by atoms with Gasteiger partial charge in [0, 0.05) is 42.2 Å². The molecular formula is C20H23N3O9. The number of nitrogens with zero attached hydrogens (tertiary/aromatic N) is 1. The van der Waals surface area contributed by atoms with Crippen molar-refractivity contribution in [2.75, 3.05) is 51.7 Å². The SMILES string of the molecule is COc1cc(NC(=O)COC(=O)c2cc([N+](=O)[O-])ccc2NCCO)cc(OC)c1OC. The lowest BCUT2D eigenvalue weighted by Gasteiger charge is -2.15. The third-order valence-electron chi connectivity index (χ3n) is 4.14. The monoisotopic (exact) mass is 449 g/mol. The summed E-state index contributed by atoms with van der Waals surface area (Å²) in [6.07, 6.45) is 0. The van der Waals surface area contributed by atoms with Gasteiger partial charge in [0.1, 0.15) is 0 Å².